The Hall–Kier alpha value is -3.30. The van der Waals surface area contributed by atoms with Crippen LogP contribution in [0, 0.1) is 6.92 Å². The monoisotopic (exact) mass is 477 g/mol. The molecule has 0 unspecified atom stereocenters. The second-order valence-electron chi connectivity index (χ2n) is 8.27. The smallest absolute Gasteiger partial charge is 0.232 e. The van der Waals surface area contributed by atoms with Gasteiger partial charge >= 0.3 is 0 Å². The molecule has 0 aliphatic carbocycles. The molecule has 4 aromatic rings. The molecule has 0 saturated carbocycles. The fourth-order valence-corrected chi connectivity index (χ4v) is 4.80. The number of hydrogen-bond donors (Lipinski definition) is 1. The molecule has 1 aliphatic heterocycles. The Bertz CT molecular complexity index is 1260. The average Bonchev–Trinajstić information content (AvgIpc) is 3.48. The summed E-state index contributed by atoms with van der Waals surface area (Å²) in [5, 5.41) is 13.7. The van der Waals surface area contributed by atoms with Crippen molar-refractivity contribution in [3.63, 3.8) is 0 Å². The van der Waals surface area contributed by atoms with Crippen LogP contribution in [0.1, 0.15) is 24.3 Å². The Morgan fingerprint density at radius 1 is 1.12 bits per heavy atom. The normalized spacial score (nSPS) is 14.9. The van der Waals surface area contributed by atoms with Crippen molar-refractivity contribution in [3.8, 4) is 5.69 Å². The second kappa shape index (κ2) is 9.90. The number of benzene rings is 2. The zero-order chi connectivity index (χ0) is 23.5. The Morgan fingerprint density at radius 3 is 2.68 bits per heavy atom. The number of morpholine rings is 1. The SMILES string of the molecule is Cc1ccccc1-n1c(SCC(=O)N[C@H](C)c2cc3ccccc3o2)nnc1N1CCOCC1. The largest absolute Gasteiger partial charge is 0.459 e. The summed E-state index contributed by atoms with van der Waals surface area (Å²) in [6.45, 7) is 6.81. The standard InChI is InChI=1S/C25H27N5O3S/c1-17-7-3-5-9-20(17)30-24(29-11-13-32-14-12-29)27-28-25(30)34-16-23(31)26-18(2)22-15-19-8-4-6-10-21(19)33-22/h3-10,15,18H,11-14,16H2,1-2H3,(H,26,31)/t18-/m1/s1. The van der Waals surface area contributed by atoms with Gasteiger partial charge in [-0.1, -0.05) is 48.2 Å². The molecule has 1 N–H and O–H groups in total. The van der Waals surface area contributed by atoms with Crippen molar-refractivity contribution < 1.29 is 13.9 Å². The van der Waals surface area contributed by atoms with Crippen molar-refractivity contribution >= 4 is 34.6 Å². The van der Waals surface area contributed by atoms with Gasteiger partial charge in [-0.05, 0) is 37.6 Å². The molecule has 1 atom stereocenters. The van der Waals surface area contributed by atoms with Gasteiger partial charge in [0.15, 0.2) is 5.16 Å². The Labute approximate surface area is 202 Å². The molecule has 9 heteroatoms. The van der Waals surface area contributed by atoms with E-state index in [-0.39, 0.29) is 17.7 Å². The lowest BCUT2D eigenvalue weighted by molar-refractivity contribution is -0.119. The number of fused-ring (bicyclic) bond motifs is 1. The second-order valence-corrected chi connectivity index (χ2v) is 9.21. The Balaban J connectivity index is 1.32. The van der Waals surface area contributed by atoms with E-state index in [1.54, 1.807) is 0 Å². The first-order chi connectivity index (χ1) is 16.6. The van der Waals surface area contributed by atoms with E-state index in [2.05, 4.69) is 39.5 Å². The molecule has 1 amide bonds. The molecule has 0 radical (unpaired) electrons. The number of rotatable bonds is 7. The molecule has 1 saturated heterocycles. The minimum Gasteiger partial charge on any atom is -0.459 e. The first kappa shape index (κ1) is 22.5. The lowest BCUT2D eigenvalue weighted by Crippen LogP contribution is -2.38. The summed E-state index contributed by atoms with van der Waals surface area (Å²) >= 11 is 1.37. The number of carbonyl (C=O) groups is 1. The van der Waals surface area contributed by atoms with Crippen LogP contribution in [-0.2, 0) is 9.53 Å². The van der Waals surface area contributed by atoms with E-state index in [4.69, 9.17) is 9.15 Å². The third kappa shape index (κ3) is 4.67. The summed E-state index contributed by atoms with van der Waals surface area (Å²) in [6.07, 6.45) is 0. The van der Waals surface area contributed by atoms with Gasteiger partial charge in [-0.25, -0.2) is 0 Å². The molecular weight excluding hydrogens is 450 g/mol. The molecule has 2 aromatic carbocycles. The molecule has 2 aromatic heterocycles. The highest BCUT2D eigenvalue weighted by molar-refractivity contribution is 7.99. The highest BCUT2D eigenvalue weighted by Gasteiger charge is 2.23. The summed E-state index contributed by atoms with van der Waals surface area (Å²) < 4.78 is 13.4. The van der Waals surface area contributed by atoms with Gasteiger partial charge in [-0.2, -0.15) is 0 Å². The van der Waals surface area contributed by atoms with Crippen molar-refractivity contribution in [3.05, 3.63) is 65.9 Å². The zero-order valence-corrected chi connectivity index (χ0v) is 20.0. The number of aromatic nitrogens is 3. The highest BCUT2D eigenvalue weighted by atomic mass is 32.2. The van der Waals surface area contributed by atoms with Crippen LogP contribution in [0.2, 0.25) is 0 Å². The van der Waals surface area contributed by atoms with E-state index in [1.807, 2.05) is 54.0 Å². The number of para-hydroxylation sites is 2. The number of carbonyl (C=O) groups excluding carboxylic acids is 1. The molecule has 3 heterocycles. The number of furan rings is 1. The van der Waals surface area contributed by atoms with E-state index < -0.39 is 0 Å². The lowest BCUT2D eigenvalue weighted by Gasteiger charge is -2.28. The molecule has 5 rings (SSSR count). The van der Waals surface area contributed by atoms with Gasteiger partial charge in [-0.3, -0.25) is 9.36 Å². The number of anilines is 1. The Kier molecular flexibility index (Phi) is 6.55. The number of thioether (sulfide) groups is 1. The molecule has 1 fully saturated rings. The van der Waals surface area contributed by atoms with Crippen molar-refractivity contribution in [2.75, 3.05) is 37.0 Å². The number of nitrogens with one attached hydrogen (secondary N) is 1. The first-order valence-corrected chi connectivity index (χ1v) is 12.3. The summed E-state index contributed by atoms with van der Waals surface area (Å²) in [5.74, 6) is 1.64. The summed E-state index contributed by atoms with van der Waals surface area (Å²) in [4.78, 5) is 15.0. The number of amides is 1. The van der Waals surface area contributed by atoms with Gasteiger partial charge in [0.05, 0.1) is 30.7 Å². The van der Waals surface area contributed by atoms with Crippen LogP contribution in [0.15, 0.2) is 64.2 Å². The fourth-order valence-electron chi connectivity index (χ4n) is 4.05. The van der Waals surface area contributed by atoms with Gasteiger partial charge in [0, 0.05) is 18.5 Å². The maximum absolute atomic E-state index is 12.8. The number of hydrogen-bond acceptors (Lipinski definition) is 7. The predicted molar refractivity (Wildman–Crippen MR) is 133 cm³/mol. The van der Waals surface area contributed by atoms with Crippen LogP contribution in [0.25, 0.3) is 16.7 Å². The van der Waals surface area contributed by atoms with Crippen LogP contribution in [0.3, 0.4) is 0 Å². The highest BCUT2D eigenvalue weighted by Crippen LogP contribution is 2.29. The average molecular weight is 478 g/mol. The van der Waals surface area contributed by atoms with Crippen LogP contribution < -0.4 is 10.2 Å². The number of ether oxygens (including phenoxy) is 1. The maximum atomic E-state index is 12.8. The third-order valence-corrected chi connectivity index (χ3v) is 6.78. The molecule has 34 heavy (non-hydrogen) atoms. The van der Waals surface area contributed by atoms with Crippen LogP contribution in [0.5, 0.6) is 0 Å². The minimum atomic E-state index is -0.237. The zero-order valence-electron chi connectivity index (χ0n) is 19.2. The molecular formula is C25H27N5O3S. The number of nitrogens with zero attached hydrogens (tertiary/aromatic N) is 4. The Morgan fingerprint density at radius 2 is 1.88 bits per heavy atom. The molecule has 176 valence electrons. The molecule has 1 aliphatic rings. The van der Waals surface area contributed by atoms with Crippen molar-refractivity contribution in [2.45, 2.75) is 25.0 Å². The van der Waals surface area contributed by atoms with E-state index in [1.165, 1.54) is 11.8 Å². The van der Waals surface area contributed by atoms with Crippen LogP contribution >= 0.6 is 11.8 Å². The minimum absolute atomic E-state index is 0.0924. The topological polar surface area (TPSA) is 85.4 Å². The van der Waals surface area contributed by atoms with Gasteiger partial charge in [0.1, 0.15) is 11.3 Å². The van der Waals surface area contributed by atoms with Gasteiger partial charge in [0.25, 0.3) is 0 Å². The number of aryl methyl sites for hydroxylation is 1. The van der Waals surface area contributed by atoms with Crippen LogP contribution in [-0.4, -0.2) is 52.7 Å². The molecule has 8 nitrogen and oxygen atoms in total. The predicted octanol–water partition coefficient (Wildman–Crippen LogP) is 4.13. The quantitative estimate of drug-likeness (QED) is 0.401. The first-order valence-electron chi connectivity index (χ1n) is 11.3. The van der Waals surface area contributed by atoms with Gasteiger partial charge in [-0.15, -0.1) is 10.2 Å². The van der Waals surface area contributed by atoms with Crippen molar-refractivity contribution in [1.82, 2.24) is 20.1 Å². The fraction of sp³-hybridized carbons (Fsp3) is 0.320. The lowest BCUT2D eigenvalue weighted by atomic mass is 10.2. The van der Waals surface area contributed by atoms with E-state index in [9.17, 15) is 4.79 Å². The summed E-state index contributed by atoms with van der Waals surface area (Å²) in [7, 11) is 0. The summed E-state index contributed by atoms with van der Waals surface area (Å²) in [5.41, 5.74) is 2.93. The van der Waals surface area contributed by atoms with E-state index >= 15 is 0 Å². The molecule has 0 spiro atoms. The van der Waals surface area contributed by atoms with Gasteiger partial charge in [0.2, 0.25) is 11.9 Å². The summed E-state index contributed by atoms with van der Waals surface area (Å²) in [6, 6.07) is 17.7. The maximum Gasteiger partial charge on any atom is 0.232 e. The van der Waals surface area contributed by atoms with E-state index in [0.29, 0.717) is 18.4 Å². The van der Waals surface area contributed by atoms with Crippen molar-refractivity contribution in [1.29, 1.82) is 0 Å². The van der Waals surface area contributed by atoms with E-state index in [0.717, 1.165) is 47.0 Å². The molecule has 0 bridgehead atoms. The van der Waals surface area contributed by atoms with Crippen LogP contribution in [0.4, 0.5) is 5.95 Å². The third-order valence-electron chi connectivity index (χ3n) is 5.85. The van der Waals surface area contributed by atoms with Gasteiger partial charge < -0.3 is 19.4 Å². The van der Waals surface area contributed by atoms with Crippen molar-refractivity contribution in [2.24, 2.45) is 0 Å².